The Morgan fingerprint density at radius 2 is 1.96 bits per heavy atom. The van der Waals surface area contributed by atoms with Crippen LogP contribution >= 0.6 is 0 Å². The second-order valence-electron chi connectivity index (χ2n) is 5.08. The monoisotopic (exact) mass is 394 g/mol. The summed E-state index contributed by atoms with van der Waals surface area (Å²) < 4.78 is 52.8. The predicted octanol–water partition coefficient (Wildman–Crippen LogP) is 1.02. The Morgan fingerprint density at radius 1 is 1.19 bits per heavy atom. The van der Waals surface area contributed by atoms with Gasteiger partial charge in [-0.1, -0.05) is 0 Å². The van der Waals surface area contributed by atoms with E-state index in [1.165, 1.54) is 25.6 Å². The Hall–Kier alpha value is -3.12. The van der Waals surface area contributed by atoms with Crippen LogP contribution in [0.15, 0.2) is 47.9 Å². The van der Waals surface area contributed by atoms with Gasteiger partial charge in [0.05, 0.1) is 6.61 Å². The maximum absolute atomic E-state index is 13.7. The minimum absolute atomic E-state index is 0.0250. The van der Waals surface area contributed by atoms with E-state index >= 15 is 0 Å². The Labute approximate surface area is 154 Å². The topological polar surface area (TPSA) is 121 Å². The Kier molecular flexibility index (Phi) is 5.57. The molecule has 0 atom stereocenters. The van der Waals surface area contributed by atoms with Crippen molar-refractivity contribution >= 4 is 16.0 Å². The number of hydrogen-bond donors (Lipinski definition) is 1. The lowest BCUT2D eigenvalue weighted by molar-refractivity contribution is 0.144. The van der Waals surface area contributed by atoms with Crippen LogP contribution in [-0.4, -0.2) is 53.5 Å². The van der Waals surface area contributed by atoms with E-state index in [2.05, 4.69) is 24.8 Å². The van der Waals surface area contributed by atoms with Crippen LogP contribution in [0.25, 0.3) is 5.95 Å². The van der Waals surface area contributed by atoms with Gasteiger partial charge in [-0.3, -0.25) is 0 Å². The summed E-state index contributed by atoms with van der Waals surface area (Å²) in [6, 6.07) is 4.77. The van der Waals surface area contributed by atoms with Crippen molar-refractivity contribution in [3.8, 4) is 11.7 Å². The van der Waals surface area contributed by atoms with Crippen LogP contribution in [0.4, 0.5) is 10.3 Å². The normalized spacial score (nSPS) is 11.3. The molecule has 0 amide bonds. The number of benzene rings is 1. The molecule has 0 spiro atoms. The number of halogens is 1. The molecule has 0 unspecified atom stereocenters. The van der Waals surface area contributed by atoms with E-state index < -0.39 is 15.8 Å². The number of hydrogen-bond acceptors (Lipinski definition) is 8. The molecule has 1 N–H and O–H groups in total. The summed E-state index contributed by atoms with van der Waals surface area (Å²) in [5.74, 6) is -0.804. The summed E-state index contributed by atoms with van der Waals surface area (Å²) in [5.41, 5.74) is 0. The highest BCUT2D eigenvalue weighted by Gasteiger charge is 2.24. The standard InChI is InChI=1S/C15H15FN6O4S/c1-25-7-8-26-12-4-3-11(16)9-13(12)27(23,24)21-15-19-10-20-22(15)14-17-5-2-6-18-14/h2-6,9-10H,7-8H2,1H3,(H,19,20,21). The van der Waals surface area contributed by atoms with Gasteiger partial charge in [0, 0.05) is 19.5 Å². The molecule has 0 radical (unpaired) electrons. The van der Waals surface area contributed by atoms with Gasteiger partial charge in [0.2, 0.25) is 5.95 Å². The zero-order valence-electron chi connectivity index (χ0n) is 14.1. The number of nitrogens with zero attached hydrogens (tertiary/aromatic N) is 5. The molecule has 0 aliphatic rings. The average Bonchev–Trinajstić information content (AvgIpc) is 3.11. The van der Waals surface area contributed by atoms with E-state index in [0.29, 0.717) is 0 Å². The minimum atomic E-state index is -4.24. The molecule has 3 aromatic rings. The van der Waals surface area contributed by atoms with Crippen LogP contribution in [0.1, 0.15) is 0 Å². The molecule has 3 rings (SSSR count). The first-order valence-electron chi connectivity index (χ1n) is 7.63. The minimum Gasteiger partial charge on any atom is -0.490 e. The lowest BCUT2D eigenvalue weighted by atomic mass is 10.3. The molecule has 0 fully saturated rings. The number of methoxy groups -OCH3 is 1. The van der Waals surface area contributed by atoms with Crippen molar-refractivity contribution in [3.63, 3.8) is 0 Å². The van der Waals surface area contributed by atoms with E-state index in [0.717, 1.165) is 23.1 Å². The maximum Gasteiger partial charge on any atom is 0.268 e. The zero-order valence-corrected chi connectivity index (χ0v) is 14.9. The molecule has 12 heteroatoms. The van der Waals surface area contributed by atoms with Gasteiger partial charge in [-0.05, 0) is 24.3 Å². The molecule has 2 heterocycles. The molecule has 0 aliphatic carbocycles. The third-order valence-electron chi connectivity index (χ3n) is 3.26. The van der Waals surface area contributed by atoms with Gasteiger partial charge < -0.3 is 9.47 Å². The Bertz CT molecular complexity index is 1010. The molecule has 0 saturated carbocycles. The number of aromatic nitrogens is 5. The molecule has 2 aromatic heterocycles. The van der Waals surface area contributed by atoms with Crippen LogP contribution in [0.3, 0.4) is 0 Å². The predicted molar refractivity (Wildman–Crippen MR) is 91.5 cm³/mol. The summed E-state index contributed by atoms with van der Waals surface area (Å²) in [4.78, 5) is 11.4. The second-order valence-corrected chi connectivity index (χ2v) is 6.73. The summed E-state index contributed by atoms with van der Waals surface area (Å²) in [5, 5.41) is 3.90. The Balaban J connectivity index is 1.93. The van der Waals surface area contributed by atoms with Gasteiger partial charge in [-0.15, -0.1) is 0 Å². The smallest absolute Gasteiger partial charge is 0.268 e. The van der Waals surface area contributed by atoms with Crippen LogP contribution < -0.4 is 9.46 Å². The molecule has 142 valence electrons. The van der Waals surface area contributed by atoms with Crippen LogP contribution in [0.5, 0.6) is 5.75 Å². The van der Waals surface area contributed by atoms with Crippen LogP contribution in [0, 0.1) is 5.82 Å². The van der Waals surface area contributed by atoms with E-state index in [-0.39, 0.29) is 35.8 Å². The number of rotatable bonds is 8. The number of anilines is 1. The van der Waals surface area contributed by atoms with Gasteiger partial charge in [0.15, 0.2) is 0 Å². The molecule has 0 aliphatic heterocycles. The van der Waals surface area contributed by atoms with Gasteiger partial charge in [-0.2, -0.15) is 14.8 Å². The van der Waals surface area contributed by atoms with Gasteiger partial charge in [0.1, 0.15) is 29.4 Å². The maximum atomic E-state index is 13.7. The van der Waals surface area contributed by atoms with Crippen molar-refractivity contribution in [1.29, 1.82) is 0 Å². The number of ether oxygens (including phenoxy) is 2. The quantitative estimate of drug-likeness (QED) is 0.562. The average molecular weight is 394 g/mol. The molecule has 1 aromatic carbocycles. The third-order valence-corrected chi connectivity index (χ3v) is 4.60. The summed E-state index contributed by atoms with van der Waals surface area (Å²) in [6.07, 6.45) is 4.07. The molecule has 0 saturated heterocycles. The first-order valence-corrected chi connectivity index (χ1v) is 9.11. The fraction of sp³-hybridized carbons (Fsp3) is 0.200. The fourth-order valence-electron chi connectivity index (χ4n) is 2.08. The van der Waals surface area contributed by atoms with Gasteiger partial charge in [0.25, 0.3) is 16.0 Å². The number of sulfonamides is 1. The van der Waals surface area contributed by atoms with Gasteiger partial charge >= 0.3 is 0 Å². The zero-order chi connectivity index (χ0) is 19.3. The van der Waals surface area contributed by atoms with E-state index in [9.17, 15) is 12.8 Å². The second kappa shape index (κ2) is 8.05. The highest BCUT2D eigenvalue weighted by molar-refractivity contribution is 7.92. The SMILES string of the molecule is COCCOc1ccc(F)cc1S(=O)(=O)Nc1ncnn1-c1ncccn1. The molecule has 10 nitrogen and oxygen atoms in total. The van der Waals surface area contributed by atoms with Crippen LogP contribution in [-0.2, 0) is 14.8 Å². The highest BCUT2D eigenvalue weighted by Crippen LogP contribution is 2.26. The third kappa shape index (κ3) is 4.35. The first kappa shape index (κ1) is 18.7. The summed E-state index contributed by atoms with van der Waals surface area (Å²) >= 11 is 0. The molecule has 27 heavy (non-hydrogen) atoms. The van der Waals surface area contributed by atoms with Crippen molar-refractivity contribution in [1.82, 2.24) is 24.7 Å². The van der Waals surface area contributed by atoms with Crippen molar-refractivity contribution in [3.05, 3.63) is 48.8 Å². The lowest BCUT2D eigenvalue weighted by Crippen LogP contribution is -2.19. The fourth-order valence-corrected chi connectivity index (χ4v) is 3.23. The molecule has 0 bridgehead atoms. The van der Waals surface area contributed by atoms with Crippen molar-refractivity contribution in [2.45, 2.75) is 4.90 Å². The summed E-state index contributed by atoms with van der Waals surface area (Å²) in [6.45, 7) is 0.336. The molecular weight excluding hydrogens is 379 g/mol. The van der Waals surface area contributed by atoms with E-state index in [1.54, 1.807) is 6.07 Å². The Morgan fingerprint density at radius 3 is 2.70 bits per heavy atom. The van der Waals surface area contributed by atoms with Gasteiger partial charge in [-0.25, -0.2) is 27.5 Å². The van der Waals surface area contributed by atoms with E-state index in [1.807, 2.05) is 0 Å². The van der Waals surface area contributed by atoms with Crippen molar-refractivity contribution in [2.75, 3.05) is 25.0 Å². The van der Waals surface area contributed by atoms with Crippen LogP contribution in [0.2, 0.25) is 0 Å². The highest BCUT2D eigenvalue weighted by atomic mass is 32.2. The van der Waals surface area contributed by atoms with Crippen molar-refractivity contribution in [2.24, 2.45) is 0 Å². The van der Waals surface area contributed by atoms with Crippen molar-refractivity contribution < 1.29 is 22.3 Å². The summed E-state index contributed by atoms with van der Waals surface area (Å²) in [7, 11) is -2.76. The largest absolute Gasteiger partial charge is 0.490 e. The molecular formula is C15H15FN6O4S. The lowest BCUT2D eigenvalue weighted by Gasteiger charge is -2.13. The first-order chi connectivity index (χ1) is 13.0. The van der Waals surface area contributed by atoms with E-state index in [4.69, 9.17) is 9.47 Å². The number of nitrogens with one attached hydrogen (secondary N) is 1.